The molecule has 5 nitrogen and oxygen atoms in total. The highest BCUT2D eigenvalue weighted by molar-refractivity contribution is 8.13. The van der Waals surface area contributed by atoms with E-state index in [2.05, 4.69) is 24.5 Å². The van der Waals surface area contributed by atoms with Gasteiger partial charge < -0.3 is 10.6 Å². The summed E-state index contributed by atoms with van der Waals surface area (Å²) in [4.78, 5) is 37.1. The molecule has 0 spiro atoms. The number of hydrogen-bond acceptors (Lipinski definition) is 4. The van der Waals surface area contributed by atoms with Crippen molar-refractivity contribution in [1.82, 2.24) is 5.32 Å². The Morgan fingerprint density at radius 2 is 1.79 bits per heavy atom. The summed E-state index contributed by atoms with van der Waals surface area (Å²) in [5, 5.41) is 5.47. The molecule has 1 aliphatic carbocycles. The van der Waals surface area contributed by atoms with Crippen molar-refractivity contribution in [1.29, 1.82) is 0 Å². The number of anilines is 1. The van der Waals surface area contributed by atoms with Gasteiger partial charge in [0, 0.05) is 17.2 Å². The summed E-state index contributed by atoms with van der Waals surface area (Å²) in [6, 6.07) is 7.37. The van der Waals surface area contributed by atoms with Crippen LogP contribution in [0.3, 0.4) is 0 Å². The van der Waals surface area contributed by atoms with Crippen molar-refractivity contribution in [3.63, 3.8) is 0 Å². The second-order valence-electron chi connectivity index (χ2n) is 8.11. The van der Waals surface area contributed by atoms with Gasteiger partial charge in [-0.2, -0.15) is 0 Å². The predicted octanol–water partition coefficient (Wildman–Crippen LogP) is 4.77. The smallest absolute Gasteiger partial charge is 0.230 e. The fraction of sp³-hybridized carbons (Fsp3) is 0.591. The lowest BCUT2D eigenvalue weighted by atomic mass is 9.69. The van der Waals surface area contributed by atoms with E-state index < -0.39 is 0 Å². The van der Waals surface area contributed by atoms with Crippen molar-refractivity contribution in [2.75, 3.05) is 11.9 Å². The van der Waals surface area contributed by atoms with Crippen molar-refractivity contribution in [2.24, 2.45) is 11.3 Å². The number of carbonyl (C=O) groups is 3. The number of carbonyl (C=O) groups excluding carboxylic acids is 3. The van der Waals surface area contributed by atoms with Gasteiger partial charge in [-0.1, -0.05) is 45.2 Å². The number of para-hydroxylation sites is 1. The molecule has 1 aliphatic rings. The molecule has 0 heterocycles. The first-order chi connectivity index (χ1) is 13.3. The highest BCUT2D eigenvalue weighted by atomic mass is 32.2. The minimum Gasteiger partial charge on any atom is -0.348 e. The van der Waals surface area contributed by atoms with Gasteiger partial charge in [-0.05, 0) is 55.5 Å². The van der Waals surface area contributed by atoms with E-state index in [9.17, 15) is 14.4 Å². The second-order valence-corrected chi connectivity index (χ2v) is 9.21. The number of rotatable bonds is 8. The van der Waals surface area contributed by atoms with Gasteiger partial charge in [0.1, 0.15) is 0 Å². The zero-order valence-electron chi connectivity index (χ0n) is 17.2. The largest absolute Gasteiger partial charge is 0.348 e. The van der Waals surface area contributed by atoms with Crippen LogP contribution in [0.15, 0.2) is 29.2 Å². The molecule has 1 aromatic rings. The average molecular weight is 405 g/mol. The molecule has 0 radical (unpaired) electrons. The van der Waals surface area contributed by atoms with Crippen LogP contribution in [-0.2, 0) is 14.4 Å². The lowest BCUT2D eigenvalue weighted by Gasteiger charge is -2.36. The third-order valence-electron chi connectivity index (χ3n) is 5.33. The topological polar surface area (TPSA) is 75.3 Å². The van der Waals surface area contributed by atoms with E-state index in [1.165, 1.54) is 13.3 Å². The maximum absolute atomic E-state index is 13.3. The van der Waals surface area contributed by atoms with Gasteiger partial charge in [0.05, 0.1) is 12.2 Å². The molecule has 0 saturated heterocycles. The Balaban J connectivity index is 2.11. The van der Waals surface area contributed by atoms with E-state index in [0.29, 0.717) is 16.5 Å². The van der Waals surface area contributed by atoms with Gasteiger partial charge in [-0.15, -0.1) is 0 Å². The maximum Gasteiger partial charge on any atom is 0.230 e. The third-order valence-corrected chi connectivity index (χ3v) is 6.28. The Labute approximate surface area is 172 Å². The van der Waals surface area contributed by atoms with Crippen molar-refractivity contribution in [2.45, 2.75) is 70.6 Å². The lowest BCUT2D eigenvalue weighted by Crippen LogP contribution is -2.38. The summed E-state index contributed by atoms with van der Waals surface area (Å²) in [7, 11) is 0. The molecular formula is C22H32N2O3S. The van der Waals surface area contributed by atoms with Crippen LogP contribution >= 0.6 is 11.8 Å². The summed E-state index contributed by atoms with van der Waals surface area (Å²) < 4.78 is 0. The molecule has 1 saturated carbocycles. The normalized spacial score (nSPS) is 15.9. The van der Waals surface area contributed by atoms with Crippen LogP contribution in [-0.4, -0.2) is 23.5 Å². The van der Waals surface area contributed by atoms with Crippen LogP contribution in [0.2, 0.25) is 0 Å². The SMILES string of the molecule is CC(=O)NCC(=O)Sc1ccccc1NC(=O)C1(CCC(C)C)CCCCC1. The van der Waals surface area contributed by atoms with E-state index in [1.807, 2.05) is 24.3 Å². The molecule has 2 N–H and O–H groups in total. The van der Waals surface area contributed by atoms with Crippen molar-refractivity contribution < 1.29 is 14.4 Å². The van der Waals surface area contributed by atoms with Gasteiger partial charge in [0.25, 0.3) is 0 Å². The summed E-state index contributed by atoms with van der Waals surface area (Å²) in [5.74, 6) is 0.413. The van der Waals surface area contributed by atoms with Gasteiger partial charge in [0.2, 0.25) is 16.9 Å². The first-order valence-corrected chi connectivity index (χ1v) is 11.0. The molecule has 0 bridgehead atoms. The third kappa shape index (κ3) is 6.66. The molecule has 1 aromatic carbocycles. The van der Waals surface area contributed by atoms with Crippen molar-refractivity contribution in [3.8, 4) is 0 Å². The van der Waals surface area contributed by atoms with Crippen molar-refractivity contribution in [3.05, 3.63) is 24.3 Å². The van der Waals surface area contributed by atoms with E-state index in [1.54, 1.807) is 0 Å². The molecule has 1 fully saturated rings. The van der Waals surface area contributed by atoms with Gasteiger partial charge in [0.15, 0.2) is 0 Å². The molecule has 6 heteroatoms. The molecule has 0 aromatic heterocycles. The molecule has 154 valence electrons. The van der Waals surface area contributed by atoms with E-state index >= 15 is 0 Å². The zero-order valence-corrected chi connectivity index (χ0v) is 18.0. The zero-order chi connectivity index (χ0) is 20.6. The Hall–Kier alpha value is -1.82. The molecular weight excluding hydrogens is 372 g/mol. The van der Waals surface area contributed by atoms with Gasteiger partial charge >= 0.3 is 0 Å². The second kappa shape index (κ2) is 10.6. The Morgan fingerprint density at radius 1 is 1.11 bits per heavy atom. The van der Waals surface area contributed by atoms with E-state index in [0.717, 1.165) is 50.3 Å². The number of nitrogens with one attached hydrogen (secondary N) is 2. The minimum atomic E-state index is -0.305. The molecule has 0 atom stereocenters. The molecule has 28 heavy (non-hydrogen) atoms. The highest BCUT2D eigenvalue weighted by Gasteiger charge is 2.39. The summed E-state index contributed by atoms with van der Waals surface area (Å²) in [6.45, 7) is 5.75. The van der Waals surface area contributed by atoms with Gasteiger partial charge in [-0.25, -0.2) is 0 Å². The predicted molar refractivity (Wildman–Crippen MR) is 114 cm³/mol. The average Bonchev–Trinajstić information content (AvgIpc) is 2.67. The maximum atomic E-state index is 13.3. The summed E-state index contributed by atoms with van der Waals surface area (Å²) in [6.07, 6.45) is 7.20. The van der Waals surface area contributed by atoms with E-state index in [-0.39, 0.29) is 28.9 Å². The van der Waals surface area contributed by atoms with Gasteiger partial charge in [-0.3, -0.25) is 14.4 Å². The summed E-state index contributed by atoms with van der Waals surface area (Å²) >= 11 is 1.05. The molecule has 2 amide bonds. The van der Waals surface area contributed by atoms with Crippen LogP contribution in [0, 0.1) is 11.3 Å². The molecule has 0 aliphatic heterocycles. The number of thioether (sulfide) groups is 1. The number of hydrogen-bond donors (Lipinski definition) is 2. The highest BCUT2D eigenvalue weighted by Crippen LogP contribution is 2.42. The summed E-state index contributed by atoms with van der Waals surface area (Å²) in [5.41, 5.74) is 0.365. The fourth-order valence-corrected chi connectivity index (χ4v) is 4.42. The van der Waals surface area contributed by atoms with Crippen molar-refractivity contribution >= 4 is 34.4 Å². The van der Waals surface area contributed by atoms with Crippen LogP contribution in [0.5, 0.6) is 0 Å². The van der Waals surface area contributed by atoms with Crippen LogP contribution < -0.4 is 10.6 Å². The molecule has 2 rings (SSSR count). The Morgan fingerprint density at radius 3 is 2.43 bits per heavy atom. The Kier molecular flexibility index (Phi) is 8.55. The number of amides is 2. The standard InChI is InChI=1S/C22H32N2O3S/c1-16(2)11-14-22(12-7-4-8-13-22)21(27)24-18-9-5-6-10-19(18)28-20(26)15-23-17(3)25/h5-6,9-10,16H,4,7-8,11-15H2,1-3H3,(H,23,25)(H,24,27). The monoisotopic (exact) mass is 404 g/mol. The van der Waals surface area contributed by atoms with Crippen LogP contribution in [0.4, 0.5) is 5.69 Å². The first-order valence-electron chi connectivity index (χ1n) is 10.2. The fourth-order valence-electron chi connectivity index (χ4n) is 3.65. The minimum absolute atomic E-state index is 0.0272. The Bertz CT molecular complexity index is 697. The number of benzene rings is 1. The lowest BCUT2D eigenvalue weighted by molar-refractivity contribution is -0.128. The first kappa shape index (κ1) is 22.5. The molecule has 0 unspecified atom stereocenters. The quantitative estimate of drug-likeness (QED) is 0.612. The van der Waals surface area contributed by atoms with Crippen LogP contribution in [0.25, 0.3) is 0 Å². The van der Waals surface area contributed by atoms with E-state index in [4.69, 9.17) is 0 Å². The van der Waals surface area contributed by atoms with Crippen LogP contribution in [0.1, 0.15) is 65.7 Å².